The normalized spacial score (nSPS) is 13.5. The van der Waals surface area contributed by atoms with E-state index in [4.69, 9.17) is 0 Å². The molecule has 6 heteroatoms. The third-order valence-electron chi connectivity index (χ3n) is 5.46. The highest BCUT2D eigenvalue weighted by molar-refractivity contribution is 7.18. The summed E-state index contributed by atoms with van der Waals surface area (Å²) in [7, 11) is 0. The molecular weight excluding hydrogens is 370 g/mol. The van der Waals surface area contributed by atoms with Crippen molar-refractivity contribution in [2.45, 2.75) is 59.4 Å². The van der Waals surface area contributed by atoms with Crippen LogP contribution in [0.1, 0.15) is 46.4 Å². The molecule has 0 atom stereocenters. The van der Waals surface area contributed by atoms with Gasteiger partial charge in [0.25, 0.3) is 5.56 Å². The zero-order chi connectivity index (χ0) is 19.8. The Labute approximate surface area is 168 Å². The second-order valence-corrected chi connectivity index (χ2v) is 8.79. The van der Waals surface area contributed by atoms with E-state index in [9.17, 15) is 9.59 Å². The molecule has 4 rings (SSSR count). The lowest BCUT2D eigenvalue weighted by atomic mass is 9.97. The van der Waals surface area contributed by atoms with E-state index in [0.29, 0.717) is 6.54 Å². The maximum absolute atomic E-state index is 13.0. The molecule has 2 heterocycles. The molecule has 2 aromatic heterocycles. The molecule has 1 aromatic carbocycles. The van der Waals surface area contributed by atoms with Crippen molar-refractivity contribution in [1.82, 2.24) is 9.55 Å². The molecule has 0 saturated heterocycles. The van der Waals surface area contributed by atoms with Crippen LogP contribution in [0.2, 0.25) is 0 Å². The van der Waals surface area contributed by atoms with Crippen LogP contribution in [0.3, 0.4) is 0 Å². The first-order valence-electron chi connectivity index (χ1n) is 9.81. The third kappa shape index (κ3) is 3.49. The number of nitrogens with one attached hydrogen (secondary N) is 1. The van der Waals surface area contributed by atoms with Gasteiger partial charge in [0.1, 0.15) is 4.83 Å². The topological polar surface area (TPSA) is 64.0 Å². The molecule has 28 heavy (non-hydrogen) atoms. The molecule has 1 N–H and O–H groups in total. The molecule has 1 aliphatic carbocycles. The summed E-state index contributed by atoms with van der Waals surface area (Å²) >= 11 is 1.65. The van der Waals surface area contributed by atoms with Gasteiger partial charge in [0, 0.05) is 23.5 Å². The highest BCUT2D eigenvalue weighted by Gasteiger charge is 2.20. The van der Waals surface area contributed by atoms with Gasteiger partial charge in [0.05, 0.1) is 11.7 Å². The third-order valence-corrected chi connectivity index (χ3v) is 6.66. The Kier molecular flexibility index (Phi) is 5.06. The summed E-state index contributed by atoms with van der Waals surface area (Å²) in [6.07, 6.45) is 6.15. The number of hydrogen-bond acceptors (Lipinski definition) is 4. The van der Waals surface area contributed by atoms with Gasteiger partial charge in [-0.2, -0.15) is 0 Å². The number of aryl methyl sites for hydroxylation is 6. The number of hydrogen-bond donors (Lipinski definition) is 1. The van der Waals surface area contributed by atoms with Gasteiger partial charge in [-0.1, -0.05) is 17.7 Å². The van der Waals surface area contributed by atoms with E-state index in [1.165, 1.54) is 22.4 Å². The first kappa shape index (κ1) is 18.9. The first-order chi connectivity index (χ1) is 13.4. The summed E-state index contributed by atoms with van der Waals surface area (Å²) in [6, 6.07) is 4.12. The predicted octanol–water partition coefficient (Wildman–Crippen LogP) is 4.29. The Morgan fingerprint density at radius 2 is 1.89 bits per heavy atom. The summed E-state index contributed by atoms with van der Waals surface area (Å²) in [5.74, 6) is -0.0885. The molecule has 1 aliphatic rings. The van der Waals surface area contributed by atoms with Crippen LogP contribution in [-0.4, -0.2) is 15.5 Å². The molecule has 146 valence electrons. The molecule has 0 saturated carbocycles. The molecule has 0 bridgehead atoms. The molecule has 0 radical (unpaired) electrons. The molecule has 5 nitrogen and oxygen atoms in total. The fraction of sp³-hybridized carbons (Fsp3) is 0.409. The highest BCUT2D eigenvalue weighted by Crippen LogP contribution is 2.33. The monoisotopic (exact) mass is 395 g/mol. The van der Waals surface area contributed by atoms with Crippen LogP contribution in [0, 0.1) is 20.8 Å². The number of carbonyl (C=O) groups is 1. The van der Waals surface area contributed by atoms with E-state index in [1.807, 2.05) is 20.8 Å². The molecule has 1 amide bonds. The van der Waals surface area contributed by atoms with E-state index in [2.05, 4.69) is 22.4 Å². The van der Waals surface area contributed by atoms with Crippen molar-refractivity contribution in [1.29, 1.82) is 0 Å². The lowest BCUT2D eigenvalue weighted by Crippen LogP contribution is -2.24. The number of fused-ring (bicyclic) bond motifs is 3. The lowest BCUT2D eigenvalue weighted by Gasteiger charge is -2.13. The van der Waals surface area contributed by atoms with Crippen molar-refractivity contribution in [3.63, 3.8) is 0 Å². The van der Waals surface area contributed by atoms with Crippen LogP contribution in [0.15, 0.2) is 23.3 Å². The maximum atomic E-state index is 13.0. The second-order valence-electron chi connectivity index (χ2n) is 7.71. The summed E-state index contributed by atoms with van der Waals surface area (Å²) in [6.45, 7) is 6.38. The van der Waals surface area contributed by atoms with Gasteiger partial charge in [0.15, 0.2) is 0 Å². The van der Waals surface area contributed by atoms with Gasteiger partial charge in [-0.05, 0) is 63.1 Å². The van der Waals surface area contributed by atoms with Gasteiger partial charge >= 0.3 is 0 Å². The van der Waals surface area contributed by atoms with Crippen molar-refractivity contribution < 1.29 is 4.79 Å². The number of benzene rings is 1. The first-order valence-corrected chi connectivity index (χ1v) is 10.6. The summed E-state index contributed by atoms with van der Waals surface area (Å²) < 4.78 is 1.58. The van der Waals surface area contributed by atoms with Crippen molar-refractivity contribution in [3.8, 4) is 0 Å². The largest absolute Gasteiger partial charge is 0.326 e. The van der Waals surface area contributed by atoms with E-state index in [1.54, 1.807) is 22.2 Å². The van der Waals surface area contributed by atoms with Crippen LogP contribution in [0.4, 0.5) is 5.69 Å². The second kappa shape index (κ2) is 7.51. The van der Waals surface area contributed by atoms with Gasteiger partial charge in [-0.25, -0.2) is 4.98 Å². The Bertz CT molecular complexity index is 1100. The van der Waals surface area contributed by atoms with Crippen LogP contribution in [-0.2, 0) is 24.2 Å². The van der Waals surface area contributed by atoms with Crippen LogP contribution < -0.4 is 10.9 Å². The van der Waals surface area contributed by atoms with Crippen LogP contribution in [0.5, 0.6) is 0 Å². The molecule has 0 unspecified atom stereocenters. The smallest absolute Gasteiger partial charge is 0.262 e. The SMILES string of the molecule is Cc1cc(C)c(NC(=O)CCn2cnc3sc4c(c3c2=O)CCCC4)c(C)c1. The lowest BCUT2D eigenvalue weighted by molar-refractivity contribution is -0.116. The van der Waals surface area contributed by atoms with Crippen molar-refractivity contribution >= 4 is 33.1 Å². The zero-order valence-corrected chi connectivity index (χ0v) is 17.4. The minimum absolute atomic E-state index is 0.0140. The van der Waals surface area contributed by atoms with E-state index in [-0.39, 0.29) is 17.9 Å². The van der Waals surface area contributed by atoms with Gasteiger partial charge in [-0.15, -0.1) is 11.3 Å². The molecule has 0 fully saturated rings. The number of nitrogens with zero attached hydrogens (tertiary/aromatic N) is 2. The van der Waals surface area contributed by atoms with E-state index in [0.717, 1.165) is 46.3 Å². The van der Waals surface area contributed by atoms with Crippen molar-refractivity contribution in [3.05, 3.63) is 55.9 Å². The van der Waals surface area contributed by atoms with Crippen LogP contribution in [0.25, 0.3) is 10.2 Å². The summed E-state index contributed by atoms with van der Waals surface area (Å²) in [5, 5.41) is 3.78. The number of anilines is 1. The number of amides is 1. The minimum Gasteiger partial charge on any atom is -0.326 e. The maximum Gasteiger partial charge on any atom is 0.262 e. The van der Waals surface area contributed by atoms with Gasteiger partial charge < -0.3 is 5.32 Å². The Morgan fingerprint density at radius 3 is 2.64 bits per heavy atom. The van der Waals surface area contributed by atoms with Crippen molar-refractivity contribution in [2.75, 3.05) is 5.32 Å². The number of carbonyl (C=O) groups excluding carboxylic acids is 1. The molecular formula is C22H25N3O2S. The molecule has 0 aliphatic heterocycles. The average molecular weight is 396 g/mol. The summed E-state index contributed by atoms with van der Waals surface area (Å²) in [4.78, 5) is 32.1. The quantitative estimate of drug-likeness (QED) is 0.717. The average Bonchev–Trinajstić information content (AvgIpc) is 3.03. The predicted molar refractivity (Wildman–Crippen MR) is 114 cm³/mol. The number of aromatic nitrogens is 2. The highest BCUT2D eigenvalue weighted by atomic mass is 32.1. The van der Waals surface area contributed by atoms with Crippen LogP contribution >= 0.6 is 11.3 Å². The number of thiophene rings is 1. The standard InChI is InChI=1S/C22H25N3O2S/c1-13-10-14(2)20(15(3)11-13)24-18(26)8-9-25-12-23-21-19(22(25)27)16-6-4-5-7-17(16)28-21/h10-12H,4-9H2,1-3H3,(H,24,26). The molecule has 0 spiro atoms. The van der Waals surface area contributed by atoms with E-state index < -0.39 is 0 Å². The summed E-state index contributed by atoms with van der Waals surface area (Å²) in [5.41, 5.74) is 5.32. The Balaban J connectivity index is 1.52. The van der Waals surface area contributed by atoms with E-state index >= 15 is 0 Å². The van der Waals surface area contributed by atoms with Gasteiger partial charge in [0.2, 0.25) is 5.91 Å². The fourth-order valence-corrected chi connectivity index (χ4v) is 5.36. The van der Waals surface area contributed by atoms with Gasteiger partial charge in [-0.3, -0.25) is 14.2 Å². The minimum atomic E-state index is -0.0885. The molecule has 3 aromatic rings. The zero-order valence-electron chi connectivity index (χ0n) is 16.6. The number of rotatable bonds is 4. The fourth-order valence-electron chi connectivity index (χ4n) is 4.14. The Morgan fingerprint density at radius 1 is 1.18 bits per heavy atom. The van der Waals surface area contributed by atoms with Crippen molar-refractivity contribution in [2.24, 2.45) is 0 Å². The Hall–Kier alpha value is -2.47.